The number of likely N-dealkylation sites (N-methyl/N-ethyl adjacent to an activating group) is 1. The van der Waals surface area contributed by atoms with Crippen LogP contribution in [-0.2, 0) is 12.8 Å². The average molecular weight is 395 g/mol. The van der Waals surface area contributed by atoms with Gasteiger partial charge in [0.25, 0.3) is 0 Å². The van der Waals surface area contributed by atoms with Gasteiger partial charge in [0.05, 0.1) is 7.11 Å². The summed E-state index contributed by atoms with van der Waals surface area (Å²) in [5, 5.41) is 0. The minimum Gasteiger partial charge on any atom is -0.492 e. The standard InChI is InChI=1S/C24H29NO4/c1-15(2)11-16-5-7-17(8-6-16)20(26)13-19-22-18(9-10-25(19)3)12-21-23(24(22)27-4)29-14-28-21/h5-8,12,15,19H,9-11,13-14H2,1-4H3/t19-/m1/s1. The highest BCUT2D eigenvalue weighted by Crippen LogP contribution is 2.50. The number of ether oxygens (including phenoxy) is 3. The van der Waals surface area contributed by atoms with Gasteiger partial charge in [-0.15, -0.1) is 0 Å². The van der Waals surface area contributed by atoms with Crippen molar-refractivity contribution >= 4 is 5.78 Å². The van der Waals surface area contributed by atoms with Crippen LogP contribution in [-0.4, -0.2) is 38.2 Å². The molecule has 1 atom stereocenters. The molecule has 2 aliphatic rings. The Morgan fingerprint density at radius 3 is 2.69 bits per heavy atom. The smallest absolute Gasteiger partial charge is 0.231 e. The van der Waals surface area contributed by atoms with Crippen molar-refractivity contribution in [2.24, 2.45) is 5.92 Å². The first-order chi connectivity index (χ1) is 14.0. The van der Waals surface area contributed by atoms with E-state index in [1.807, 2.05) is 18.2 Å². The van der Waals surface area contributed by atoms with Crippen LogP contribution in [0.3, 0.4) is 0 Å². The van der Waals surface area contributed by atoms with Crippen LogP contribution in [0.15, 0.2) is 30.3 Å². The maximum Gasteiger partial charge on any atom is 0.231 e. The van der Waals surface area contributed by atoms with E-state index in [2.05, 4.69) is 37.9 Å². The number of ketones is 1. The van der Waals surface area contributed by atoms with Crippen LogP contribution >= 0.6 is 0 Å². The maximum atomic E-state index is 13.1. The van der Waals surface area contributed by atoms with Gasteiger partial charge in [-0.05, 0) is 43.0 Å². The molecule has 2 aromatic carbocycles. The molecule has 0 saturated carbocycles. The van der Waals surface area contributed by atoms with Gasteiger partial charge in [-0.2, -0.15) is 0 Å². The number of methoxy groups -OCH3 is 1. The first-order valence-electron chi connectivity index (χ1n) is 10.3. The maximum absolute atomic E-state index is 13.1. The second kappa shape index (κ2) is 8.07. The number of benzene rings is 2. The molecule has 5 heteroatoms. The molecule has 0 aliphatic carbocycles. The Morgan fingerprint density at radius 1 is 1.24 bits per heavy atom. The van der Waals surface area contributed by atoms with Gasteiger partial charge in [0.15, 0.2) is 17.3 Å². The third kappa shape index (κ3) is 3.84. The molecule has 29 heavy (non-hydrogen) atoms. The number of rotatable bonds is 6. The minimum atomic E-state index is -0.0500. The lowest BCUT2D eigenvalue weighted by Crippen LogP contribution is -2.34. The molecular formula is C24H29NO4. The monoisotopic (exact) mass is 395 g/mol. The quantitative estimate of drug-likeness (QED) is 0.678. The van der Waals surface area contributed by atoms with E-state index in [-0.39, 0.29) is 18.6 Å². The second-order valence-electron chi connectivity index (χ2n) is 8.39. The van der Waals surface area contributed by atoms with Crippen molar-refractivity contribution in [2.75, 3.05) is 27.5 Å². The zero-order valence-electron chi connectivity index (χ0n) is 17.7. The molecule has 5 nitrogen and oxygen atoms in total. The average Bonchev–Trinajstić information content (AvgIpc) is 3.16. The largest absolute Gasteiger partial charge is 0.492 e. The van der Waals surface area contributed by atoms with Gasteiger partial charge in [-0.1, -0.05) is 38.1 Å². The highest BCUT2D eigenvalue weighted by molar-refractivity contribution is 5.96. The number of carbonyl (C=O) groups is 1. The summed E-state index contributed by atoms with van der Waals surface area (Å²) in [6, 6.07) is 10.1. The number of hydrogen-bond acceptors (Lipinski definition) is 5. The van der Waals surface area contributed by atoms with E-state index in [0.29, 0.717) is 23.8 Å². The molecule has 0 amide bonds. The lowest BCUT2D eigenvalue weighted by atomic mass is 9.87. The number of carbonyl (C=O) groups excluding carboxylic acids is 1. The van der Waals surface area contributed by atoms with E-state index < -0.39 is 0 Å². The van der Waals surface area contributed by atoms with Gasteiger partial charge in [-0.25, -0.2) is 0 Å². The molecule has 2 aromatic rings. The Labute approximate surface area is 172 Å². The van der Waals surface area contributed by atoms with Crippen LogP contribution in [0.25, 0.3) is 0 Å². The van der Waals surface area contributed by atoms with E-state index in [1.54, 1.807) is 7.11 Å². The van der Waals surface area contributed by atoms with Crippen LogP contribution in [0.5, 0.6) is 17.2 Å². The third-order valence-corrected chi connectivity index (χ3v) is 5.85. The predicted molar refractivity (Wildman–Crippen MR) is 112 cm³/mol. The molecule has 0 saturated heterocycles. The van der Waals surface area contributed by atoms with E-state index in [9.17, 15) is 4.79 Å². The van der Waals surface area contributed by atoms with Crippen LogP contribution < -0.4 is 14.2 Å². The molecule has 2 aliphatic heterocycles. The summed E-state index contributed by atoms with van der Waals surface area (Å²) in [6.45, 7) is 5.50. The second-order valence-corrected chi connectivity index (χ2v) is 8.39. The van der Waals surface area contributed by atoms with Gasteiger partial charge < -0.3 is 14.2 Å². The first-order valence-corrected chi connectivity index (χ1v) is 10.3. The molecule has 0 N–H and O–H groups in total. The van der Waals surface area contributed by atoms with Crippen LogP contribution in [0.2, 0.25) is 0 Å². The van der Waals surface area contributed by atoms with Gasteiger partial charge in [0.1, 0.15) is 0 Å². The van der Waals surface area contributed by atoms with Crippen molar-refractivity contribution in [1.29, 1.82) is 0 Å². The summed E-state index contributed by atoms with van der Waals surface area (Å²) in [6.07, 6.45) is 2.33. The first kappa shape index (κ1) is 19.8. The van der Waals surface area contributed by atoms with Crippen molar-refractivity contribution in [2.45, 2.75) is 39.2 Å². The molecule has 2 heterocycles. The SMILES string of the molecule is COc1c2c(cc3c1[C@@H](CC(=O)c1ccc(CC(C)C)cc1)N(C)CC3)OCO2. The molecule has 0 spiro atoms. The molecule has 0 aromatic heterocycles. The van der Waals surface area contributed by atoms with E-state index in [1.165, 1.54) is 11.1 Å². The topological polar surface area (TPSA) is 48.0 Å². The summed E-state index contributed by atoms with van der Waals surface area (Å²) in [7, 11) is 3.72. The van der Waals surface area contributed by atoms with Crippen molar-refractivity contribution in [3.8, 4) is 17.2 Å². The van der Waals surface area contributed by atoms with Crippen molar-refractivity contribution < 1.29 is 19.0 Å². The van der Waals surface area contributed by atoms with Gasteiger partial charge in [0, 0.05) is 30.1 Å². The number of hydrogen-bond donors (Lipinski definition) is 0. The van der Waals surface area contributed by atoms with Crippen molar-refractivity contribution in [3.05, 3.63) is 52.6 Å². The summed E-state index contributed by atoms with van der Waals surface area (Å²) in [5.74, 6) is 2.83. The Balaban J connectivity index is 1.62. The van der Waals surface area contributed by atoms with Gasteiger partial charge in [0.2, 0.25) is 12.5 Å². The molecule has 0 radical (unpaired) electrons. The summed E-state index contributed by atoms with van der Waals surface area (Å²) >= 11 is 0. The summed E-state index contributed by atoms with van der Waals surface area (Å²) in [5.41, 5.74) is 4.26. The predicted octanol–water partition coefficient (Wildman–Crippen LogP) is 4.42. The summed E-state index contributed by atoms with van der Waals surface area (Å²) in [4.78, 5) is 15.3. The number of nitrogens with zero attached hydrogens (tertiary/aromatic N) is 1. The molecule has 0 unspecified atom stereocenters. The van der Waals surface area contributed by atoms with Crippen LogP contribution in [0, 0.1) is 5.92 Å². The zero-order valence-corrected chi connectivity index (χ0v) is 17.7. The van der Waals surface area contributed by atoms with Crippen molar-refractivity contribution in [3.63, 3.8) is 0 Å². The van der Waals surface area contributed by atoms with E-state index in [4.69, 9.17) is 14.2 Å². The number of Topliss-reactive ketones (excluding diaryl/α,β-unsaturated/α-hetero) is 1. The fourth-order valence-electron chi connectivity index (χ4n) is 4.37. The Hall–Kier alpha value is -2.53. The van der Waals surface area contributed by atoms with E-state index >= 15 is 0 Å². The molecule has 0 fully saturated rings. The zero-order chi connectivity index (χ0) is 20.5. The highest BCUT2D eigenvalue weighted by Gasteiger charge is 2.35. The molecule has 154 valence electrons. The van der Waals surface area contributed by atoms with E-state index in [0.717, 1.165) is 36.3 Å². The number of fused-ring (bicyclic) bond motifs is 2. The van der Waals surface area contributed by atoms with Crippen LogP contribution in [0.4, 0.5) is 0 Å². The fourth-order valence-corrected chi connectivity index (χ4v) is 4.37. The lowest BCUT2D eigenvalue weighted by molar-refractivity contribution is 0.0925. The Bertz CT molecular complexity index is 904. The minimum absolute atomic E-state index is 0.0500. The van der Waals surface area contributed by atoms with Crippen LogP contribution in [0.1, 0.15) is 53.4 Å². The summed E-state index contributed by atoms with van der Waals surface area (Å²) < 4.78 is 17.0. The van der Waals surface area contributed by atoms with Gasteiger partial charge in [-0.3, -0.25) is 9.69 Å². The fraction of sp³-hybridized carbons (Fsp3) is 0.458. The molecular weight excluding hydrogens is 366 g/mol. The highest BCUT2D eigenvalue weighted by atomic mass is 16.7. The molecule has 0 bridgehead atoms. The molecule has 4 rings (SSSR count). The van der Waals surface area contributed by atoms with Crippen molar-refractivity contribution in [1.82, 2.24) is 4.90 Å². The lowest BCUT2D eigenvalue weighted by Gasteiger charge is -2.35. The van der Waals surface area contributed by atoms with Gasteiger partial charge >= 0.3 is 0 Å². The Kier molecular flexibility index (Phi) is 5.50. The normalized spacial score (nSPS) is 18.0. The Morgan fingerprint density at radius 2 is 2.00 bits per heavy atom. The third-order valence-electron chi connectivity index (χ3n) is 5.85.